The molecule has 1 aromatic carbocycles. The quantitative estimate of drug-likeness (QED) is 0.656. The number of amides is 1. The predicted octanol–water partition coefficient (Wildman–Crippen LogP) is 2.03. The summed E-state index contributed by atoms with van der Waals surface area (Å²) in [5.41, 5.74) is -0.392. The minimum Gasteiger partial charge on any atom is -0.508 e. The topological polar surface area (TPSA) is 83.7 Å². The smallest absolute Gasteiger partial charge is 0.282 e. The van der Waals surface area contributed by atoms with Gasteiger partial charge in [0.2, 0.25) is 0 Å². The maximum absolute atomic E-state index is 12.1. The number of nitro benzene ring substituents is 1. The van der Waals surface area contributed by atoms with E-state index in [1.807, 2.05) is 13.8 Å². The summed E-state index contributed by atoms with van der Waals surface area (Å²) in [6.45, 7) is 4.38. The molecule has 0 radical (unpaired) electrons. The molecule has 1 amide bonds. The summed E-state index contributed by atoms with van der Waals surface area (Å²) in [4.78, 5) is 23.7. The van der Waals surface area contributed by atoms with Gasteiger partial charge >= 0.3 is 0 Å². The number of rotatable bonds is 4. The lowest BCUT2D eigenvalue weighted by atomic mass is 10.1. The Hall–Kier alpha value is -2.11. The van der Waals surface area contributed by atoms with Crippen LogP contribution >= 0.6 is 0 Å². The first kappa shape index (κ1) is 14.0. The number of carbonyl (C=O) groups is 1. The van der Waals surface area contributed by atoms with Crippen LogP contribution in [-0.4, -0.2) is 34.4 Å². The molecular weight excluding hydrogens is 236 g/mol. The van der Waals surface area contributed by atoms with E-state index in [0.717, 1.165) is 12.1 Å². The minimum absolute atomic E-state index is 0.0943. The van der Waals surface area contributed by atoms with Crippen molar-refractivity contribution in [2.45, 2.75) is 13.8 Å². The fourth-order valence-corrected chi connectivity index (χ4v) is 1.69. The molecule has 18 heavy (non-hydrogen) atoms. The molecular formula is C12H16N2O4. The minimum atomic E-state index is -0.629. The van der Waals surface area contributed by atoms with Crippen LogP contribution in [0.3, 0.4) is 0 Å². The Morgan fingerprint density at radius 3 is 2.61 bits per heavy atom. The summed E-state index contributed by atoms with van der Waals surface area (Å²) in [6.07, 6.45) is 0. The summed E-state index contributed by atoms with van der Waals surface area (Å²) in [7, 11) is 1.58. The second-order valence-electron chi connectivity index (χ2n) is 4.54. The lowest BCUT2D eigenvalue weighted by Gasteiger charge is -2.19. The molecule has 1 N–H and O–H groups in total. The summed E-state index contributed by atoms with van der Waals surface area (Å²) >= 11 is 0. The molecule has 0 heterocycles. The van der Waals surface area contributed by atoms with E-state index in [1.54, 1.807) is 7.05 Å². The third-order valence-corrected chi connectivity index (χ3v) is 2.39. The van der Waals surface area contributed by atoms with Gasteiger partial charge in [0.05, 0.1) is 4.92 Å². The fourth-order valence-electron chi connectivity index (χ4n) is 1.69. The number of phenols is 1. The third kappa shape index (κ3) is 3.19. The van der Waals surface area contributed by atoms with E-state index in [0.29, 0.717) is 6.54 Å². The molecule has 0 bridgehead atoms. The maximum Gasteiger partial charge on any atom is 0.282 e. The molecule has 0 aliphatic carbocycles. The molecule has 0 aliphatic heterocycles. The molecule has 0 saturated heterocycles. The number of hydrogen-bond donors (Lipinski definition) is 1. The number of benzene rings is 1. The van der Waals surface area contributed by atoms with Crippen LogP contribution in [0.15, 0.2) is 18.2 Å². The second kappa shape index (κ2) is 5.48. The van der Waals surface area contributed by atoms with Crippen molar-refractivity contribution in [3.63, 3.8) is 0 Å². The van der Waals surface area contributed by atoms with Crippen molar-refractivity contribution >= 4 is 11.6 Å². The molecule has 6 nitrogen and oxygen atoms in total. The first-order valence-corrected chi connectivity index (χ1v) is 5.55. The third-order valence-electron chi connectivity index (χ3n) is 2.39. The molecule has 0 saturated carbocycles. The summed E-state index contributed by atoms with van der Waals surface area (Å²) in [5.74, 6) is -0.372. The average molecular weight is 252 g/mol. The van der Waals surface area contributed by atoms with Gasteiger partial charge in [-0.3, -0.25) is 14.9 Å². The van der Waals surface area contributed by atoms with Gasteiger partial charge in [-0.1, -0.05) is 13.8 Å². The molecule has 0 spiro atoms. The number of aromatic hydroxyl groups is 1. The Labute approximate surface area is 105 Å². The van der Waals surface area contributed by atoms with E-state index in [9.17, 15) is 20.0 Å². The van der Waals surface area contributed by atoms with Crippen molar-refractivity contribution in [2.75, 3.05) is 13.6 Å². The number of phenolic OH excluding ortho intramolecular Hbond substituents is 1. The van der Waals surface area contributed by atoms with Crippen LogP contribution in [0.5, 0.6) is 5.75 Å². The zero-order valence-electron chi connectivity index (χ0n) is 10.6. The highest BCUT2D eigenvalue weighted by Gasteiger charge is 2.23. The highest BCUT2D eigenvalue weighted by Crippen LogP contribution is 2.24. The van der Waals surface area contributed by atoms with Crippen molar-refractivity contribution in [1.29, 1.82) is 0 Å². The van der Waals surface area contributed by atoms with E-state index >= 15 is 0 Å². The Bertz CT molecular complexity index is 471. The Balaban J connectivity index is 3.11. The van der Waals surface area contributed by atoms with Gasteiger partial charge in [-0.25, -0.2) is 0 Å². The lowest BCUT2D eigenvalue weighted by molar-refractivity contribution is -0.385. The zero-order chi connectivity index (χ0) is 13.9. The van der Waals surface area contributed by atoms with E-state index in [-0.39, 0.29) is 22.9 Å². The molecule has 1 aromatic rings. The van der Waals surface area contributed by atoms with Crippen molar-refractivity contribution in [3.8, 4) is 5.75 Å². The van der Waals surface area contributed by atoms with Crippen molar-refractivity contribution < 1.29 is 14.8 Å². The SMILES string of the molecule is CC(C)CN(C)C(=O)c1cc(O)ccc1[N+](=O)[O-]. The summed E-state index contributed by atoms with van der Waals surface area (Å²) in [5, 5.41) is 20.2. The van der Waals surface area contributed by atoms with Crippen LogP contribution in [0.25, 0.3) is 0 Å². The standard InChI is InChI=1S/C12H16N2O4/c1-8(2)7-13(3)12(16)10-6-9(15)4-5-11(10)14(17)18/h4-6,8,15H,7H2,1-3H3. The van der Waals surface area contributed by atoms with Gasteiger partial charge in [0.15, 0.2) is 0 Å². The van der Waals surface area contributed by atoms with Gasteiger partial charge in [0.1, 0.15) is 11.3 Å². The van der Waals surface area contributed by atoms with E-state index in [4.69, 9.17) is 0 Å². The van der Waals surface area contributed by atoms with Gasteiger partial charge < -0.3 is 10.0 Å². The first-order chi connectivity index (χ1) is 8.32. The Morgan fingerprint density at radius 1 is 1.50 bits per heavy atom. The monoisotopic (exact) mass is 252 g/mol. The Kier molecular flexibility index (Phi) is 4.25. The molecule has 0 atom stereocenters. The number of hydrogen-bond acceptors (Lipinski definition) is 4. The van der Waals surface area contributed by atoms with Crippen LogP contribution in [0.2, 0.25) is 0 Å². The molecule has 0 aliphatic rings. The summed E-state index contributed by atoms with van der Waals surface area (Å²) in [6, 6.07) is 3.44. The second-order valence-corrected chi connectivity index (χ2v) is 4.54. The van der Waals surface area contributed by atoms with E-state index < -0.39 is 10.8 Å². The van der Waals surface area contributed by atoms with Crippen molar-refractivity contribution in [3.05, 3.63) is 33.9 Å². The molecule has 0 unspecified atom stereocenters. The lowest BCUT2D eigenvalue weighted by Crippen LogP contribution is -2.30. The van der Waals surface area contributed by atoms with Crippen LogP contribution in [0.1, 0.15) is 24.2 Å². The Morgan fingerprint density at radius 2 is 2.11 bits per heavy atom. The fraction of sp³-hybridized carbons (Fsp3) is 0.417. The normalized spacial score (nSPS) is 10.4. The molecule has 6 heteroatoms. The van der Waals surface area contributed by atoms with Crippen LogP contribution in [0, 0.1) is 16.0 Å². The highest BCUT2D eigenvalue weighted by atomic mass is 16.6. The van der Waals surface area contributed by atoms with Gasteiger partial charge in [0.25, 0.3) is 11.6 Å². The average Bonchev–Trinajstić information content (AvgIpc) is 2.26. The largest absolute Gasteiger partial charge is 0.508 e. The van der Waals surface area contributed by atoms with Crippen LogP contribution in [-0.2, 0) is 0 Å². The van der Waals surface area contributed by atoms with E-state index in [1.165, 1.54) is 11.0 Å². The van der Waals surface area contributed by atoms with Gasteiger partial charge in [-0.05, 0) is 18.1 Å². The molecule has 0 fully saturated rings. The maximum atomic E-state index is 12.1. The van der Waals surface area contributed by atoms with Gasteiger partial charge in [-0.15, -0.1) is 0 Å². The molecule has 98 valence electrons. The van der Waals surface area contributed by atoms with Gasteiger partial charge in [-0.2, -0.15) is 0 Å². The van der Waals surface area contributed by atoms with Crippen LogP contribution < -0.4 is 0 Å². The first-order valence-electron chi connectivity index (χ1n) is 5.55. The zero-order valence-corrected chi connectivity index (χ0v) is 10.6. The summed E-state index contributed by atoms with van der Waals surface area (Å²) < 4.78 is 0. The van der Waals surface area contributed by atoms with Crippen LogP contribution in [0.4, 0.5) is 5.69 Å². The molecule has 1 rings (SSSR count). The van der Waals surface area contributed by atoms with Crippen molar-refractivity contribution in [1.82, 2.24) is 4.90 Å². The number of carbonyl (C=O) groups excluding carboxylic acids is 1. The predicted molar refractivity (Wildman–Crippen MR) is 66.6 cm³/mol. The number of nitrogens with zero attached hydrogens (tertiary/aromatic N) is 2. The number of nitro groups is 1. The highest BCUT2D eigenvalue weighted by molar-refractivity contribution is 5.98. The van der Waals surface area contributed by atoms with Gasteiger partial charge in [0, 0.05) is 19.7 Å². The van der Waals surface area contributed by atoms with Crippen molar-refractivity contribution in [2.24, 2.45) is 5.92 Å². The molecule has 0 aromatic heterocycles. The van der Waals surface area contributed by atoms with E-state index in [2.05, 4.69) is 0 Å².